The first-order valence-corrected chi connectivity index (χ1v) is 12.0. The predicted octanol–water partition coefficient (Wildman–Crippen LogP) is 5.47. The lowest BCUT2D eigenvalue weighted by Crippen LogP contribution is -2.32. The van der Waals surface area contributed by atoms with Gasteiger partial charge in [-0.15, -0.1) is 10.2 Å². The van der Waals surface area contributed by atoms with Crippen LogP contribution in [0.2, 0.25) is 5.02 Å². The SMILES string of the molecule is Fc1ccc(Cl)c(-c2nnc(OC3C[C@@H]4CN(CC5CCOCC5)C[C@@H]4C3)cc2C(F)(F)F)c1. The molecule has 0 amide bonds. The van der Waals surface area contributed by atoms with Gasteiger partial charge in [0, 0.05) is 44.5 Å². The Balaban J connectivity index is 1.26. The smallest absolute Gasteiger partial charge is 0.418 e. The van der Waals surface area contributed by atoms with Crippen LogP contribution in [0.5, 0.6) is 5.88 Å². The summed E-state index contributed by atoms with van der Waals surface area (Å²) in [5.74, 6) is 0.752. The minimum atomic E-state index is -4.73. The summed E-state index contributed by atoms with van der Waals surface area (Å²) in [5, 5.41) is 7.58. The third-order valence-electron chi connectivity index (χ3n) is 7.19. The molecule has 3 fully saturated rings. The molecular formula is C24H26ClF4N3O2. The Hall–Kier alpha value is -1.97. The summed E-state index contributed by atoms with van der Waals surface area (Å²) in [4.78, 5) is 2.51. The molecule has 2 aliphatic heterocycles. The van der Waals surface area contributed by atoms with Gasteiger partial charge >= 0.3 is 6.18 Å². The minimum absolute atomic E-state index is 0.0382. The zero-order valence-corrected chi connectivity index (χ0v) is 19.3. The maximum Gasteiger partial charge on any atom is 0.418 e. The molecule has 0 bridgehead atoms. The molecule has 1 saturated carbocycles. The number of likely N-dealkylation sites (tertiary alicyclic amines) is 1. The molecule has 3 heterocycles. The highest BCUT2D eigenvalue weighted by Crippen LogP contribution is 2.42. The molecule has 5 nitrogen and oxygen atoms in total. The summed E-state index contributed by atoms with van der Waals surface area (Å²) < 4.78 is 66.4. The van der Waals surface area contributed by atoms with E-state index in [2.05, 4.69) is 15.1 Å². The monoisotopic (exact) mass is 499 g/mol. The maximum absolute atomic E-state index is 13.8. The minimum Gasteiger partial charge on any atom is -0.473 e. The van der Waals surface area contributed by atoms with E-state index in [1.165, 1.54) is 6.07 Å². The summed E-state index contributed by atoms with van der Waals surface area (Å²) in [6.07, 6.45) is -1.14. The second-order valence-corrected chi connectivity index (χ2v) is 9.98. The van der Waals surface area contributed by atoms with Crippen LogP contribution >= 0.6 is 11.6 Å². The van der Waals surface area contributed by atoms with Gasteiger partial charge in [0.25, 0.3) is 0 Å². The van der Waals surface area contributed by atoms with Gasteiger partial charge in [-0.05, 0) is 61.6 Å². The first-order valence-electron chi connectivity index (χ1n) is 11.6. The lowest BCUT2D eigenvalue weighted by atomic mass is 10.00. The van der Waals surface area contributed by atoms with Gasteiger partial charge in [-0.1, -0.05) is 11.6 Å². The molecule has 0 spiro atoms. The summed E-state index contributed by atoms with van der Waals surface area (Å²) >= 11 is 6.01. The Morgan fingerprint density at radius 2 is 1.76 bits per heavy atom. The van der Waals surface area contributed by atoms with E-state index < -0.39 is 23.3 Å². The van der Waals surface area contributed by atoms with Crippen molar-refractivity contribution < 1.29 is 27.0 Å². The molecule has 10 heteroatoms. The summed E-state index contributed by atoms with van der Waals surface area (Å²) in [6, 6.07) is 4.04. The number of hydrogen-bond acceptors (Lipinski definition) is 5. The quantitative estimate of drug-likeness (QED) is 0.510. The van der Waals surface area contributed by atoms with Crippen LogP contribution in [0.1, 0.15) is 31.2 Å². The Labute approximate surface area is 200 Å². The lowest BCUT2D eigenvalue weighted by molar-refractivity contribution is -0.137. The van der Waals surface area contributed by atoms with Gasteiger partial charge in [-0.25, -0.2) is 4.39 Å². The summed E-state index contributed by atoms with van der Waals surface area (Å²) in [5.41, 5.74) is -1.73. The van der Waals surface area contributed by atoms with Crippen molar-refractivity contribution in [1.82, 2.24) is 15.1 Å². The fraction of sp³-hybridized carbons (Fsp3) is 0.583. The van der Waals surface area contributed by atoms with Gasteiger partial charge in [0.2, 0.25) is 5.88 Å². The highest BCUT2D eigenvalue weighted by Gasteiger charge is 2.43. The first kappa shape index (κ1) is 23.8. The molecule has 3 atom stereocenters. The third-order valence-corrected chi connectivity index (χ3v) is 7.52. The number of fused-ring (bicyclic) bond motifs is 1. The Morgan fingerprint density at radius 1 is 1.06 bits per heavy atom. The van der Waals surface area contributed by atoms with Crippen molar-refractivity contribution in [3.8, 4) is 17.1 Å². The van der Waals surface area contributed by atoms with Crippen molar-refractivity contribution in [2.24, 2.45) is 17.8 Å². The van der Waals surface area contributed by atoms with Crippen LogP contribution in [0, 0.1) is 23.6 Å². The summed E-state index contributed by atoms with van der Waals surface area (Å²) in [6.45, 7) is 4.77. The van der Waals surface area contributed by atoms with Crippen LogP contribution in [-0.4, -0.2) is 54.0 Å². The van der Waals surface area contributed by atoms with Crippen molar-refractivity contribution >= 4 is 11.6 Å². The van der Waals surface area contributed by atoms with Crippen molar-refractivity contribution in [3.63, 3.8) is 0 Å². The van der Waals surface area contributed by atoms with E-state index in [0.717, 1.165) is 76.7 Å². The van der Waals surface area contributed by atoms with Crippen LogP contribution < -0.4 is 4.74 Å². The molecule has 1 aromatic heterocycles. The van der Waals surface area contributed by atoms with E-state index in [0.29, 0.717) is 17.8 Å². The number of rotatable bonds is 5. The molecule has 1 aromatic carbocycles. The Kier molecular flexibility index (Phi) is 6.70. The van der Waals surface area contributed by atoms with Gasteiger partial charge in [0.05, 0.1) is 10.6 Å². The third kappa shape index (κ3) is 5.16. The molecule has 2 saturated heterocycles. The fourth-order valence-electron chi connectivity index (χ4n) is 5.58. The zero-order valence-electron chi connectivity index (χ0n) is 18.5. The average molecular weight is 500 g/mol. The largest absolute Gasteiger partial charge is 0.473 e. The molecule has 0 radical (unpaired) electrons. The maximum atomic E-state index is 13.8. The highest BCUT2D eigenvalue weighted by atomic mass is 35.5. The van der Waals surface area contributed by atoms with Gasteiger partial charge < -0.3 is 14.4 Å². The highest BCUT2D eigenvalue weighted by molar-refractivity contribution is 6.33. The molecule has 0 N–H and O–H groups in total. The topological polar surface area (TPSA) is 47.5 Å². The van der Waals surface area contributed by atoms with E-state index in [1.54, 1.807) is 0 Å². The molecule has 1 aliphatic carbocycles. The van der Waals surface area contributed by atoms with Crippen LogP contribution in [0.15, 0.2) is 24.3 Å². The van der Waals surface area contributed by atoms with Crippen LogP contribution in [0.4, 0.5) is 17.6 Å². The molecular weight excluding hydrogens is 474 g/mol. The molecule has 34 heavy (non-hydrogen) atoms. The Morgan fingerprint density at radius 3 is 2.44 bits per heavy atom. The number of ether oxygens (including phenoxy) is 2. The van der Waals surface area contributed by atoms with Gasteiger partial charge in [0.1, 0.15) is 17.6 Å². The van der Waals surface area contributed by atoms with E-state index in [-0.39, 0.29) is 22.6 Å². The van der Waals surface area contributed by atoms with Crippen molar-refractivity contribution in [2.45, 2.75) is 38.0 Å². The molecule has 2 aromatic rings. The number of aromatic nitrogens is 2. The lowest BCUT2D eigenvalue weighted by Gasteiger charge is -2.27. The number of benzene rings is 1. The average Bonchev–Trinajstić information content (AvgIpc) is 3.33. The number of alkyl halides is 3. The zero-order chi connectivity index (χ0) is 23.9. The predicted molar refractivity (Wildman–Crippen MR) is 118 cm³/mol. The molecule has 184 valence electrons. The van der Waals surface area contributed by atoms with Crippen LogP contribution in [0.25, 0.3) is 11.3 Å². The van der Waals surface area contributed by atoms with Crippen LogP contribution in [0.3, 0.4) is 0 Å². The second-order valence-electron chi connectivity index (χ2n) is 9.57. The van der Waals surface area contributed by atoms with Gasteiger partial charge in [-0.3, -0.25) is 0 Å². The van der Waals surface area contributed by atoms with Gasteiger partial charge in [0.15, 0.2) is 0 Å². The number of nitrogens with zero attached hydrogens (tertiary/aromatic N) is 3. The van der Waals surface area contributed by atoms with Crippen molar-refractivity contribution in [2.75, 3.05) is 32.8 Å². The second kappa shape index (κ2) is 9.59. The number of halogens is 5. The molecule has 1 unspecified atom stereocenters. The van der Waals surface area contributed by atoms with E-state index in [4.69, 9.17) is 21.1 Å². The van der Waals surface area contributed by atoms with Crippen LogP contribution in [-0.2, 0) is 10.9 Å². The van der Waals surface area contributed by atoms with E-state index >= 15 is 0 Å². The number of hydrogen-bond donors (Lipinski definition) is 0. The summed E-state index contributed by atoms with van der Waals surface area (Å²) in [7, 11) is 0. The van der Waals surface area contributed by atoms with Crippen molar-refractivity contribution in [3.05, 3.63) is 40.7 Å². The van der Waals surface area contributed by atoms with E-state index in [1.807, 2.05) is 0 Å². The molecule has 3 aliphatic rings. The standard InChI is InChI=1S/C24H26ClF4N3O2/c25-21-2-1-17(26)9-19(21)23-20(24(27,28)29)10-22(30-31-23)34-18-7-15-12-32(13-16(15)8-18)11-14-3-5-33-6-4-14/h1-2,9-10,14-16,18H,3-8,11-13H2/t15-,16+,18?. The van der Waals surface area contributed by atoms with Crippen molar-refractivity contribution in [1.29, 1.82) is 0 Å². The molecule has 5 rings (SSSR count). The van der Waals surface area contributed by atoms with Gasteiger partial charge in [-0.2, -0.15) is 13.2 Å². The fourth-order valence-corrected chi connectivity index (χ4v) is 5.78. The Bertz CT molecular complexity index is 1020. The first-order chi connectivity index (χ1) is 16.3. The normalized spacial score (nSPS) is 26.1. The van der Waals surface area contributed by atoms with E-state index in [9.17, 15) is 17.6 Å².